The molecule has 7 heteroatoms. The van der Waals surface area contributed by atoms with Gasteiger partial charge in [0.25, 0.3) is 0 Å². The van der Waals surface area contributed by atoms with Gasteiger partial charge in [0.15, 0.2) is 5.78 Å². The number of hydrogen-bond acceptors (Lipinski definition) is 6. The Kier molecular flexibility index (Phi) is 9.68. The lowest BCUT2D eigenvalue weighted by Crippen LogP contribution is -2.53. The van der Waals surface area contributed by atoms with E-state index in [0.717, 1.165) is 5.56 Å². The van der Waals surface area contributed by atoms with Crippen LogP contribution in [0.5, 0.6) is 0 Å². The first-order chi connectivity index (χ1) is 13.5. The molecular formula is C22H33N3O4. The third-order valence-electron chi connectivity index (χ3n) is 3.98. The summed E-state index contributed by atoms with van der Waals surface area (Å²) in [5, 5.41) is 13.0. The second kappa shape index (κ2) is 11.5. The van der Waals surface area contributed by atoms with E-state index in [9.17, 15) is 14.4 Å². The van der Waals surface area contributed by atoms with E-state index >= 15 is 0 Å². The highest BCUT2D eigenvalue weighted by Crippen LogP contribution is 2.12. The maximum atomic E-state index is 13.0. The van der Waals surface area contributed by atoms with Gasteiger partial charge in [-0.15, -0.1) is 0 Å². The van der Waals surface area contributed by atoms with E-state index in [1.807, 2.05) is 44.2 Å². The first kappa shape index (κ1) is 24.5. The quantitative estimate of drug-likeness (QED) is 0.388. The number of hydrogen-bond donors (Lipinski definition) is 3. The zero-order valence-electron chi connectivity index (χ0n) is 18.0. The van der Waals surface area contributed by atoms with Crippen molar-refractivity contribution in [2.75, 3.05) is 0 Å². The molecule has 1 aromatic carbocycles. The molecule has 0 aromatic heterocycles. The van der Waals surface area contributed by atoms with E-state index in [1.165, 1.54) is 0 Å². The molecule has 1 aromatic rings. The van der Waals surface area contributed by atoms with E-state index < -0.39 is 29.4 Å². The Morgan fingerprint density at radius 1 is 1.10 bits per heavy atom. The molecule has 0 aliphatic carbocycles. The maximum Gasteiger partial charge on any atom is 0.329 e. The van der Waals surface area contributed by atoms with Gasteiger partial charge in [-0.25, -0.2) is 4.79 Å². The Labute approximate surface area is 173 Å². The Hall–Kier alpha value is -2.54. The van der Waals surface area contributed by atoms with Crippen molar-refractivity contribution >= 4 is 23.9 Å². The number of benzene rings is 1. The van der Waals surface area contributed by atoms with E-state index in [2.05, 4.69) is 10.6 Å². The van der Waals surface area contributed by atoms with Crippen LogP contribution in [0.4, 0.5) is 0 Å². The number of rotatable bonds is 11. The van der Waals surface area contributed by atoms with Crippen LogP contribution in [-0.2, 0) is 25.5 Å². The minimum atomic E-state index is -0.960. The van der Waals surface area contributed by atoms with Gasteiger partial charge < -0.3 is 20.8 Å². The van der Waals surface area contributed by atoms with Gasteiger partial charge in [-0.1, -0.05) is 44.2 Å². The van der Waals surface area contributed by atoms with E-state index in [-0.39, 0.29) is 24.8 Å². The molecule has 0 saturated carbocycles. The summed E-state index contributed by atoms with van der Waals surface area (Å²) in [5.41, 5.74) is 0.277. The lowest BCUT2D eigenvalue weighted by molar-refractivity contribution is -0.159. The topological polar surface area (TPSA) is 108 Å². The molecule has 0 fully saturated rings. The van der Waals surface area contributed by atoms with Crippen LogP contribution in [0.25, 0.3) is 0 Å². The summed E-state index contributed by atoms with van der Waals surface area (Å²) in [5.74, 6) is -1.33. The lowest BCUT2D eigenvalue weighted by Gasteiger charge is -2.27. The molecule has 0 radical (unpaired) electrons. The van der Waals surface area contributed by atoms with Crippen molar-refractivity contribution in [1.29, 1.82) is 5.41 Å². The van der Waals surface area contributed by atoms with Crippen LogP contribution < -0.4 is 10.6 Å². The summed E-state index contributed by atoms with van der Waals surface area (Å²) in [4.78, 5) is 37.0. The van der Waals surface area contributed by atoms with Gasteiger partial charge in [-0.3, -0.25) is 9.59 Å². The second-order valence-corrected chi connectivity index (χ2v) is 8.31. The van der Waals surface area contributed by atoms with Gasteiger partial charge in [0.2, 0.25) is 5.91 Å². The summed E-state index contributed by atoms with van der Waals surface area (Å²) in [6, 6.07) is 8.17. The normalized spacial score (nSPS) is 13.4. The summed E-state index contributed by atoms with van der Waals surface area (Å²) >= 11 is 0. The van der Waals surface area contributed by atoms with Crippen LogP contribution in [0.2, 0.25) is 0 Å². The summed E-state index contributed by atoms with van der Waals surface area (Å²) < 4.78 is 5.40. The summed E-state index contributed by atoms with van der Waals surface area (Å²) in [7, 11) is 0. The second-order valence-electron chi connectivity index (χ2n) is 8.31. The van der Waals surface area contributed by atoms with Gasteiger partial charge in [-0.05, 0) is 39.2 Å². The smallest absolute Gasteiger partial charge is 0.329 e. The Bertz CT molecular complexity index is 696. The Morgan fingerprint density at radius 2 is 1.72 bits per heavy atom. The minimum Gasteiger partial charge on any atom is -0.458 e. The minimum absolute atomic E-state index is 0.0192. The molecule has 160 valence electrons. The van der Waals surface area contributed by atoms with Crippen LogP contribution in [0.1, 0.15) is 53.0 Å². The third-order valence-corrected chi connectivity index (χ3v) is 3.98. The van der Waals surface area contributed by atoms with Crippen LogP contribution in [0.3, 0.4) is 0 Å². The number of ketones is 1. The highest BCUT2D eigenvalue weighted by Gasteiger charge is 2.29. The molecule has 3 N–H and O–H groups in total. The number of ether oxygens (including phenoxy) is 1. The third kappa shape index (κ3) is 9.99. The summed E-state index contributed by atoms with van der Waals surface area (Å²) in [6.07, 6.45) is 1.24. The number of carbonyl (C=O) groups excluding carboxylic acids is 3. The zero-order valence-corrected chi connectivity index (χ0v) is 18.0. The molecule has 1 amide bonds. The SMILES string of the molecule is CC(C)N[C@@H](Cc1ccccc1)C(=O)N[C@@H](CCC(=O)C=N)C(=O)OC(C)(C)C. The van der Waals surface area contributed by atoms with Crippen molar-refractivity contribution in [1.82, 2.24) is 10.6 Å². The van der Waals surface area contributed by atoms with Crippen LogP contribution in [0.15, 0.2) is 30.3 Å². The van der Waals surface area contributed by atoms with Gasteiger partial charge >= 0.3 is 5.97 Å². The van der Waals surface area contributed by atoms with Crippen LogP contribution in [-0.4, -0.2) is 47.6 Å². The Morgan fingerprint density at radius 3 is 2.24 bits per heavy atom. The molecule has 2 atom stereocenters. The fraction of sp³-hybridized carbons (Fsp3) is 0.545. The van der Waals surface area contributed by atoms with Crippen molar-refractivity contribution in [3.8, 4) is 0 Å². The number of nitrogens with one attached hydrogen (secondary N) is 3. The van der Waals surface area contributed by atoms with Gasteiger partial charge in [0, 0.05) is 12.5 Å². The van der Waals surface area contributed by atoms with Crippen molar-refractivity contribution in [3.63, 3.8) is 0 Å². The molecule has 7 nitrogen and oxygen atoms in total. The first-order valence-corrected chi connectivity index (χ1v) is 9.88. The maximum absolute atomic E-state index is 13.0. The molecule has 0 bridgehead atoms. The number of Topliss-reactive ketones (excluding diaryl/α,β-unsaturated/α-hetero) is 1. The highest BCUT2D eigenvalue weighted by molar-refractivity contribution is 6.26. The molecule has 0 spiro atoms. The van der Waals surface area contributed by atoms with Crippen LogP contribution in [0, 0.1) is 5.41 Å². The zero-order chi connectivity index (χ0) is 22.0. The largest absolute Gasteiger partial charge is 0.458 e. The van der Waals surface area contributed by atoms with E-state index in [1.54, 1.807) is 20.8 Å². The van der Waals surface area contributed by atoms with Crippen molar-refractivity contribution < 1.29 is 19.1 Å². The molecule has 0 aliphatic rings. The van der Waals surface area contributed by atoms with Gasteiger partial charge in [0.1, 0.15) is 11.6 Å². The molecule has 29 heavy (non-hydrogen) atoms. The van der Waals surface area contributed by atoms with E-state index in [0.29, 0.717) is 12.6 Å². The first-order valence-electron chi connectivity index (χ1n) is 9.88. The molecule has 0 aliphatic heterocycles. The fourth-order valence-corrected chi connectivity index (χ4v) is 2.73. The standard InChI is InChI=1S/C22H33N3O4/c1-15(2)24-19(13-16-9-7-6-8-10-16)20(27)25-18(12-11-17(26)14-23)21(28)29-22(3,4)5/h6-10,14-15,18-19,23-24H,11-13H2,1-5H3,(H,25,27)/t18-,19-/m0/s1. The predicted octanol–water partition coefficient (Wildman–Crippen LogP) is 2.42. The van der Waals surface area contributed by atoms with Gasteiger partial charge in [0.05, 0.1) is 12.3 Å². The number of esters is 1. The van der Waals surface area contributed by atoms with E-state index in [4.69, 9.17) is 10.1 Å². The lowest BCUT2D eigenvalue weighted by atomic mass is 10.0. The average Bonchev–Trinajstić information content (AvgIpc) is 2.63. The highest BCUT2D eigenvalue weighted by atomic mass is 16.6. The number of carbonyl (C=O) groups is 3. The van der Waals surface area contributed by atoms with Crippen molar-refractivity contribution in [3.05, 3.63) is 35.9 Å². The van der Waals surface area contributed by atoms with Crippen molar-refractivity contribution in [2.45, 2.75) is 77.6 Å². The number of amides is 1. The molecule has 0 saturated heterocycles. The monoisotopic (exact) mass is 403 g/mol. The average molecular weight is 404 g/mol. The molecule has 0 unspecified atom stereocenters. The molecule has 0 heterocycles. The Balaban J connectivity index is 2.94. The fourth-order valence-electron chi connectivity index (χ4n) is 2.73. The summed E-state index contributed by atoms with van der Waals surface area (Å²) in [6.45, 7) is 9.11. The van der Waals surface area contributed by atoms with Crippen molar-refractivity contribution in [2.24, 2.45) is 0 Å². The molecule has 1 rings (SSSR count). The molecular weight excluding hydrogens is 370 g/mol. The predicted molar refractivity (Wildman–Crippen MR) is 113 cm³/mol. The van der Waals surface area contributed by atoms with Crippen LogP contribution >= 0.6 is 0 Å². The van der Waals surface area contributed by atoms with Gasteiger partial charge in [-0.2, -0.15) is 0 Å².